The Morgan fingerprint density at radius 2 is 1.06 bits per heavy atom. The highest BCUT2D eigenvalue weighted by Gasteiger charge is 2.04. The summed E-state index contributed by atoms with van der Waals surface area (Å²) in [6.07, 6.45) is 8.08. The predicted molar refractivity (Wildman–Crippen MR) is 73.8 cm³/mol. The Kier molecular flexibility index (Phi) is 2.79. The molecule has 0 aromatic heterocycles. The molecule has 0 heterocycles. The van der Waals surface area contributed by atoms with E-state index in [0.29, 0.717) is 0 Å². The van der Waals surface area contributed by atoms with Crippen molar-refractivity contribution in [1.29, 1.82) is 0 Å². The van der Waals surface area contributed by atoms with E-state index in [2.05, 4.69) is 60.7 Å². The van der Waals surface area contributed by atoms with E-state index in [1.54, 1.807) is 0 Å². The minimum Gasteiger partial charge on any atom is -0.0620 e. The molecule has 0 spiro atoms. The molecule has 0 radical (unpaired) electrons. The lowest BCUT2D eigenvalue weighted by molar-refractivity contribution is 0.819. The number of hydrogen-bond donors (Lipinski definition) is 0. The van der Waals surface area contributed by atoms with Crippen LogP contribution in [0.5, 0.6) is 0 Å². The van der Waals surface area contributed by atoms with E-state index >= 15 is 0 Å². The molecule has 2 aromatic carbocycles. The smallest absolute Gasteiger partial charge is 0.0224 e. The molecule has 2 aromatic rings. The van der Waals surface area contributed by atoms with Gasteiger partial charge in [-0.3, -0.25) is 0 Å². The predicted octanol–water partition coefficient (Wildman–Crippen LogP) is 4.35. The van der Waals surface area contributed by atoms with Gasteiger partial charge in [0, 0.05) is 0 Å². The van der Waals surface area contributed by atoms with Crippen molar-refractivity contribution in [2.45, 2.75) is 19.3 Å². The molecule has 0 amide bonds. The minimum absolute atomic E-state index is 1.18. The molecule has 0 unspecified atom stereocenters. The van der Waals surface area contributed by atoms with Crippen LogP contribution in [0, 0.1) is 0 Å². The maximum absolute atomic E-state index is 2.25. The van der Waals surface area contributed by atoms with Gasteiger partial charge in [-0.05, 0) is 41.5 Å². The summed E-state index contributed by atoms with van der Waals surface area (Å²) in [5, 5.41) is 0. The van der Waals surface area contributed by atoms with Gasteiger partial charge in [0.05, 0.1) is 0 Å². The summed E-state index contributed by atoms with van der Waals surface area (Å²) in [5.74, 6) is 0. The van der Waals surface area contributed by atoms with Gasteiger partial charge in [-0.1, -0.05) is 60.7 Å². The summed E-state index contributed by atoms with van der Waals surface area (Å²) < 4.78 is 0. The molecule has 0 saturated carbocycles. The molecule has 17 heavy (non-hydrogen) atoms. The molecule has 1 aliphatic carbocycles. The van der Waals surface area contributed by atoms with E-state index in [0.717, 1.165) is 0 Å². The van der Waals surface area contributed by atoms with E-state index < -0.39 is 0 Å². The fourth-order valence-electron chi connectivity index (χ4n) is 2.50. The van der Waals surface area contributed by atoms with Gasteiger partial charge in [0.25, 0.3) is 0 Å². The third kappa shape index (κ3) is 2.16. The van der Waals surface area contributed by atoms with Crippen LogP contribution in [0.25, 0.3) is 12.2 Å². The van der Waals surface area contributed by atoms with Crippen LogP contribution < -0.4 is 0 Å². The first kappa shape index (κ1) is 10.3. The van der Waals surface area contributed by atoms with Gasteiger partial charge in [-0.15, -0.1) is 0 Å². The Hall–Kier alpha value is -1.82. The first-order chi connectivity index (χ1) is 8.43. The van der Waals surface area contributed by atoms with Crippen molar-refractivity contribution in [2.75, 3.05) is 0 Å². The molecular formula is C17H16. The van der Waals surface area contributed by atoms with E-state index in [9.17, 15) is 0 Å². The quantitative estimate of drug-likeness (QED) is 0.619. The molecule has 3 rings (SSSR count). The van der Waals surface area contributed by atoms with Gasteiger partial charge in [0.15, 0.2) is 0 Å². The third-order valence-electron chi connectivity index (χ3n) is 3.44. The summed E-state index contributed by atoms with van der Waals surface area (Å²) in [6.45, 7) is 0. The second kappa shape index (κ2) is 4.58. The Bertz CT molecular complexity index is 500. The lowest BCUT2D eigenvalue weighted by atomic mass is 10.0. The fraction of sp³-hybridized carbons (Fsp3) is 0.176. The number of aryl methyl sites for hydroxylation is 2. The molecule has 0 saturated heterocycles. The second-order valence-electron chi connectivity index (χ2n) is 4.58. The summed E-state index contributed by atoms with van der Waals surface area (Å²) >= 11 is 0. The van der Waals surface area contributed by atoms with E-state index in [1.807, 2.05) is 0 Å². The summed E-state index contributed by atoms with van der Waals surface area (Å²) in [5.41, 5.74) is 5.67. The number of benzene rings is 2. The molecule has 0 fully saturated rings. The van der Waals surface area contributed by atoms with Crippen LogP contribution in [0.15, 0.2) is 48.5 Å². The van der Waals surface area contributed by atoms with Gasteiger partial charge < -0.3 is 0 Å². The van der Waals surface area contributed by atoms with Crippen LogP contribution in [-0.2, 0) is 12.8 Å². The lowest BCUT2D eigenvalue weighted by Crippen LogP contribution is -1.92. The molecule has 0 atom stereocenters. The van der Waals surface area contributed by atoms with Gasteiger partial charge in [0.1, 0.15) is 0 Å². The highest BCUT2D eigenvalue weighted by molar-refractivity contribution is 5.72. The molecule has 84 valence electrons. The highest BCUT2D eigenvalue weighted by Crippen LogP contribution is 2.21. The standard InChI is InChI=1S/C17H16/c1-3-8-16-12-13-17-9-4-2-7-15(17)11-5-10-14(16)6-1/h1-4,6-9,12-13H,5,10-11H2/b13-12-. The number of fused-ring (bicyclic) bond motifs is 2. The molecule has 0 heteroatoms. The average molecular weight is 220 g/mol. The zero-order valence-electron chi connectivity index (χ0n) is 9.89. The van der Waals surface area contributed by atoms with Crippen molar-refractivity contribution in [3.8, 4) is 0 Å². The number of hydrogen-bond acceptors (Lipinski definition) is 0. The Morgan fingerprint density at radius 1 is 0.588 bits per heavy atom. The molecule has 0 N–H and O–H groups in total. The second-order valence-corrected chi connectivity index (χ2v) is 4.58. The Morgan fingerprint density at radius 3 is 1.59 bits per heavy atom. The van der Waals surface area contributed by atoms with Crippen molar-refractivity contribution in [3.63, 3.8) is 0 Å². The number of rotatable bonds is 0. The molecule has 1 aliphatic rings. The first-order valence-corrected chi connectivity index (χ1v) is 6.27. The van der Waals surface area contributed by atoms with Crippen molar-refractivity contribution in [2.24, 2.45) is 0 Å². The highest BCUT2D eigenvalue weighted by atomic mass is 14.1. The van der Waals surface area contributed by atoms with Crippen LogP contribution in [0.3, 0.4) is 0 Å². The monoisotopic (exact) mass is 220 g/mol. The average Bonchev–Trinajstić information content (AvgIpc) is 2.47. The van der Waals surface area contributed by atoms with Crippen LogP contribution in [0.1, 0.15) is 28.7 Å². The van der Waals surface area contributed by atoms with Crippen LogP contribution in [0.4, 0.5) is 0 Å². The van der Waals surface area contributed by atoms with Crippen molar-refractivity contribution in [3.05, 3.63) is 70.8 Å². The van der Waals surface area contributed by atoms with Gasteiger partial charge in [-0.25, -0.2) is 0 Å². The SMILES string of the molecule is C1=C\c2ccccc2CCCc2ccccc2/1. The summed E-state index contributed by atoms with van der Waals surface area (Å²) in [4.78, 5) is 0. The Balaban J connectivity index is 2.06. The normalized spacial score (nSPS) is 16.0. The van der Waals surface area contributed by atoms with Crippen LogP contribution in [0.2, 0.25) is 0 Å². The maximum atomic E-state index is 2.25. The van der Waals surface area contributed by atoms with Crippen molar-refractivity contribution >= 4 is 12.2 Å². The van der Waals surface area contributed by atoms with E-state index in [-0.39, 0.29) is 0 Å². The van der Waals surface area contributed by atoms with Gasteiger partial charge in [0.2, 0.25) is 0 Å². The van der Waals surface area contributed by atoms with E-state index in [4.69, 9.17) is 0 Å². The zero-order valence-corrected chi connectivity index (χ0v) is 9.89. The molecule has 0 bridgehead atoms. The Labute approximate surface area is 103 Å². The summed E-state index contributed by atoms with van der Waals surface area (Å²) in [6, 6.07) is 17.4. The largest absolute Gasteiger partial charge is 0.0620 e. The van der Waals surface area contributed by atoms with Crippen LogP contribution in [-0.4, -0.2) is 0 Å². The zero-order chi connectivity index (χ0) is 11.5. The molecule has 0 nitrogen and oxygen atoms in total. The topological polar surface area (TPSA) is 0 Å². The van der Waals surface area contributed by atoms with Gasteiger partial charge >= 0.3 is 0 Å². The maximum Gasteiger partial charge on any atom is -0.0224 e. The van der Waals surface area contributed by atoms with Gasteiger partial charge in [-0.2, -0.15) is 0 Å². The third-order valence-corrected chi connectivity index (χ3v) is 3.44. The molecular weight excluding hydrogens is 204 g/mol. The summed E-state index contributed by atoms with van der Waals surface area (Å²) in [7, 11) is 0. The van der Waals surface area contributed by atoms with E-state index in [1.165, 1.54) is 41.5 Å². The molecule has 0 aliphatic heterocycles. The van der Waals surface area contributed by atoms with Crippen molar-refractivity contribution in [1.82, 2.24) is 0 Å². The van der Waals surface area contributed by atoms with Crippen LogP contribution >= 0.6 is 0 Å². The first-order valence-electron chi connectivity index (χ1n) is 6.27. The van der Waals surface area contributed by atoms with Crippen molar-refractivity contribution < 1.29 is 0 Å². The lowest BCUT2D eigenvalue weighted by Gasteiger charge is -2.05. The minimum atomic E-state index is 1.18. The fourth-order valence-corrected chi connectivity index (χ4v) is 2.50.